The number of hydroxylamine groups is 1. The molecule has 1 aliphatic rings. The Kier molecular flexibility index (Phi) is 4.44. The van der Waals surface area contributed by atoms with Crippen molar-refractivity contribution in [2.75, 3.05) is 13.1 Å². The number of hydrogen-bond donors (Lipinski definition) is 1. The van der Waals surface area contributed by atoms with Gasteiger partial charge in [-0.2, -0.15) is 13.2 Å². The van der Waals surface area contributed by atoms with Crippen molar-refractivity contribution in [3.63, 3.8) is 0 Å². The molecular formula is C11H17F3N2O3. The molecular weight excluding hydrogens is 265 g/mol. The zero-order valence-corrected chi connectivity index (χ0v) is 11.0. The van der Waals surface area contributed by atoms with E-state index in [4.69, 9.17) is 4.84 Å². The number of nitrogens with zero attached hydrogens (tertiary/aromatic N) is 1. The zero-order valence-electron chi connectivity index (χ0n) is 11.0. The van der Waals surface area contributed by atoms with Gasteiger partial charge in [0.25, 0.3) is 0 Å². The summed E-state index contributed by atoms with van der Waals surface area (Å²) in [5.74, 6) is -2.06. The third-order valence-corrected chi connectivity index (χ3v) is 2.41. The summed E-state index contributed by atoms with van der Waals surface area (Å²) < 4.78 is 36.6. The first-order valence-corrected chi connectivity index (χ1v) is 5.80. The molecule has 0 spiro atoms. The molecule has 0 radical (unpaired) electrons. The molecule has 0 aromatic heterocycles. The summed E-state index contributed by atoms with van der Waals surface area (Å²) in [5, 5.41) is 0. The first kappa shape index (κ1) is 15.7. The summed E-state index contributed by atoms with van der Waals surface area (Å²) in [6.07, 6.45) is -4.68. The number of likely N-dealkylation sites (tertiary alicyclic amines) is 1. The van der Waals surface area contributed by atoms with Gasteiger partial charge in [0.05, 0.1) is 11.5 Å². The first-order chi connectivity index (χ1) is 8.48. The van der Waals surface area contributed by atoms with Crippen LogP contribution in [0, 0.1) is 5.92 Å². The zero-order chi connectivity index (χ0) is 14.8. The van der Waals surface area contributed by atoms with E-state index >= 15 is 0 Å². The summed E-state index contributed by atoms with van der Waals surface area (Å²) in [7, 11) is 0. The molecule has 19 heavy (non-hydrogen) atoms. The highest BCUT2D eigenvalue weighted by molar-refractivity contribution is 5.88. The summed E-state index contributed by atoms with van der Waals surface area (Å²) in [5.41, 5.74) is 1.56. The van der Waals surface area contributed by atoms with Gasteiger partial charge in [-0.25, -0.2) is 5.48 Å². The van der Waals surface area contributed by atoms with Crippen LogP contribution in [0.3, 0.4) is 0 Å². The number of halogens is 3. The lowest BCUT2D eigenvalue weighted by Gasteiger charge is -2.21. The fourth-order valence-corrected chi connectivity index (χ4v) is 1.60. The molecule has 2 amide bonds. The standard InChI is InChI=1S/C11H17F3N2O3/c1-10(2,3)19-15-9(18)7-4-8(17)16(5-7)6-11(12,13)14/h7H,4-6H2,1-3H3,(H,15,18). The Balaban J connectivity index is 2.50. The normalized spacial score (nSPS) is 20.8. The minimum absolute atomic E-state index is 0.227. The number of alkyl halides is 3. The number of nitrogens with one attached hydrogen (secondary N) is 1. The van der Waals surface area contributed by atoms with E-state index in [9.17, 15) is 22.8 Å². The fourth-order valence-electron chi connectivity index (χ4n) is 1.60. The molecule has 1 N–H and O–H groups in total. The van der Waals surface area contributed by atoms with Crippen molar-refractivity contribution in [2.24, 2.45) is 5.92 Å². The summed E-state index contributed by atoms with van der Waals surface area (Å²) in [6.45, 7) is 3.57. The quantitative estimate of drug-likeness (QED) is 0.792. The second kappa shape index (κ2) is 5.36. The second-order valence-corrected chi connectivity index (χ2v) is 5.47. The van der Waals surface area contributed by atoms with E-state index in [0.717, 1.165) is 0 Å². The van der Waals surface area contributed by atoms with Crippen molar-refractivity contribution < 1.29 is 27.6 Å². The average Bonchev–Trinajstić information content (AvgIpc) is 2.53. The molecule has 0 saturated carbocycles. The topological polar surface area (TPSA) is 58.6 Å². The third kappa shape index (κ3) is 5.46. The Morgan fingerprint density at radius 2 is 2.00 bits per heavy atom. The second-order valence-electron chi connectivity index (χ2n) is 5.47. The Labute approximate surface area is 109 Å². The van der Waals surface area contributed by atoms with Crippen LogP contribution in [0.4, 0.5) is 13.2 Å². The van der Waals surface area contributed by atoms with E-state index in [1.807, 2.05) is 0 Å². The molecule has 1 rings (SSSR count). The van der Waals surface area contributed by atoms with Gasteiger partial charge in [-0.3, -0.25) is 14.4 Å². The van der Waals surface area contributed by atoms with Crippen molar-refractivity contribution in [3.8, 4) is 0 Å². The maximum atomic E-state index is 12.2. The minimum atomic E-state index is -4.46. The van der Waals surface area contributed by atoms with Crippen LogP contribution in [0.2, 0.25) is 0 Å². The number of hydrogen-bond acceptors (Lipinski definition) is 3. The van der Waals surface area contributed by atoms with Crippen LogP contribution in [-0.2, 0) is 14.4 Å². The Morgan fingerprint density at radius 3 is 2.47 bits per heavy atom. The van der Waals surface area contributed by atoms with Crippen LogP contribution in [0.25, 0.3) is 0 Å². The van der Waals surface area contributed by atoms with Crippen molar-refractivity contribution in [1.29, 1.82) is 0 Å². The molecule has 0 aliphatic carbocycles. The fraction of sp³-hybridized carbons (Fsp3) is 0.818. The molecule has 0 aromatic carbocycles. The van der Waals surface area contributed by atoms with Gasteiger partial charge >= 0.3 is 6.18 Å². The predicted molar refractivity (Wildman–Crippen MR) is 59.7 cm³/mol. The van der Waals surface area contributed by atoms with E-state index in [-0.39, 0.29) is 13.0 Å². The molecule has 1 aliphatic heterocycles. The highest BCUT2D eigenvalue weighted by Gasteiger charge is 2.40. The number of carbonyl (C=O) groups is 2. The van der Waals surface area contributed by atoms with Crippen molar-refractivity contribution >= 4 is 11.8 Å². The lowest BCUT2D eigenvalue weighted by atomic mass is 10.1. The van der Waals surface area contributed by atoms with E-state index < -0.39 is 36.1 Å². The van der Waals surface area contributed by atoms with Crippen molar-refractivity contribution in [3.05, 3.63) is 0 Å². The maximum Gasteiger partial charge on any atom is 0.406 e. The molecule has 0 aromatic rings. The monoisotopic (exact) mass is 282 g/mol. The van der Waals surface area contributed by atoms with Gasteiger partial charge in [0.15, 0.2) is 0 Å². The lowest BCUT2D eigenvalue weighted by molar-refractivity contribution is -0.158. The smallest absolute Gasteiger partial charge is 0.333 e. The number of carbonyl (C=O) groups excluding carboxylic acids is 2. The van der Waals surface area contributed by atoms with Gasteiger partial charge in [0.1, 0.15) is 6.54 Å². The first-order valence-electron chi connectivity index (χ1n) is 5.80. The Morgan fingerprint density at radius 1 is 1.42 bits per heavy atom. The van der Waals surface area contributed by atoms with Gasteiger partial charge in [-0.15, -0.1) is 0 Å². The minimum Gasteiger partial charge on any atom is -0.333 e. The van der Waals surface area contributed by atoms with Crippen LogP contribution in [0.5, 0.6) is 0 Å². The Bertz CT molecular complexity index is 363. The molecule has 1 atom stereocenters. The van der Waals surface area contributed by atoms with Crippen LogP contribution in [-0.4, -0.2) is 41.6 Å². The van der Waals surface area contributed by atoms with E-state index in [2.05, 4.69) is 5.48 Å². The SMILES string of the molecule is CC(C)(C)ONC(=O)C1CC(=O)N(CC(F)(F)F)C1. The predicted octanol–water partition coefficient (Wildman–Crippen LogP) is 1.24. The highest BCUT2D eigenvalue weighted by Crippen LogP contribution is 2.24. The molecule has 8 heteroatoms. The maximum absolute atomic E-state index is 12.2. The van der Waals surface area contributed by atoms with Crippen molar-refractivity contribution in [2.45, 2.75) is 39.0 Å². The molecule has 1 fully saturated rings. The van der Waals surface area contributed by atoms with E-state index in [1.54, 1.807) is 20.8 Å². The van der Waals surface area contributed by atoms with Crippen LogP contribution in [0.1, 0.15) is 27.2 Å². The largest absolute Gasteiger partial charge is 0.406 e. The van der Waals surface area contributed by atoms with Crippen LogP contribution in [0.15, 0.2) is 0 Å². The number of amides is 2. The van der Waals surface area contributed by atoms with E-state index in [0.29, 0.717) is 4.90 Å². The molecule has 5 nitrogen and oxygen atoms in total. The third-order valence-electron chi connectivity index (χ3n) is 2.41. The van der Waals surface area contributed by atoms with Crippen LogP contribution >= 0.6 is 0 Å². The van der Waals surface area contributed by atoms with Crippen LogP contribution < -0.4 is 5.48 Å². The van der Waals surface area contributed by atoms with Crippen molar-refractivity contribution in [1.82, 2.24) is 10.4 Å². The highest BCUT2D eigenvalue weighted by atomic mass is 19.4. The molecule has 1 heterocycles. The summed E-state index contributed by atoms with van der Waals surface area (Å²) in [4.78, 5) is 28.7. The van der Waals surface area contributed by atoms with Gasteiger partial charge in [-0.1, -0.05) is 0 Å². The summed E-state index contributed by atoms with van der Waals surface area (Å²) in [6, 6.07) is 0. The van der Waals surface area contributed by atoms with Gasteiger partial charge in [0.2, 0.25) is 11.8 Å². The molecule has 1 unspecified atom stereocenters. The van der Waals surface area contributed by atoms with Gasteiger partial charge in [-0.05, 0) is 20.8 Å². The van der Waals surface area contributed by atoms with Gasteiger partial charge < -0.3 is 4.90 Å². The Hall–Kier alpha value is -1.31. The van der Waals surface area contributed by atoms with Gasteiger partial charge in [0, 0.05) is 13.0 Å². The molecule has 1 saturated heterocycles. The lowest BCUT2D eigenvalue weighted by Crippen LogP contribution is -2.39. The number of rotatable bonds is 3. The average molecular weight is 282 g/mol. The molecule has 0 bridgehead atoms. The molecule has 110 valence electrons. The van der Waals surface area contributed by atoms with E-state index in [1.165, 1.54) is 0 Å². The summed E-state index contributed by atoms with van der Waals surface area (Å²) >= 11 is 0.